The van der Waals surface area contributed by atoms with E-state index in [0.717, 1.165) is 5.56 Å². The molecule has 28 heavy (non-hydrogen) atoms. The lowest BCUT2D eigenvalue weighted by Crippen LogP contribution is -2.19. The molecule has 1 aliphatic heterocycles. The zero-order valence-electron chi connectivity index (χ0n) is 14.8. The Morgan fingerprint density at radius 1 is 1.29 bits per heavy atom. The smallest absolute Gasteiger partial charge is 0.308 e. The van der Waals surface area contributed by atoms with Crippen molar-refractivity contribution < 1.29 is 19.1 Å². The lowest BCUT2D eigenvalue weighted by atomic mass is 10.2. The molecule has 6 nitrogen and oxygen atoms in total. The molecule has 0 bridgehead atoms. The summed E-state index contributed by atoms with van der Waals surface area (Å²) >= 11 is 9.16. The number of benzene rings is 2. The number of rotatable bonds is 4. The first kappa shape index (κ1) is 20.7. The number of esters is 1. The molecule has 1 heterocycles. The molecule has 1 fully saturated rings. The third-order valence-electron chi connectivity index (χ3n) is 3.50. The van der Waals surface area contributed by atoms with Gasteiger partial charge >= 0.3 is 5.97 Å². The van der Waals surface area contributed by atoms with Gasteiger partial charge in [0.15, 0.2) is 16.7 Å². The lowest BCUT2D eigenvalue weighted by Gasteiger charge is -2.11. The van der Waals surface area contributed by atoms with Crippen molar-refractivity contribution in [3.8, 4) is 11.5 Å². The number of aliphatic imine (C=N–C) groups is 1. The highest BCUT2D eigenvalue weighted by Crippen LogP contribution is 2.36. The van der Waals surface area contributed by atoms with Gasteiger partial charge < -0.3 is 14.8 Å². The normalized spacial score (nSPS) is 16.4. The average molecular weight is 529 g/mol. The Labute approximate surface area is 184 Å². The third kappa shape index (κ3) is 5.06. The van der Waals surface area contributed by atoms with E-state index in [1.807, 2.05) is 0 Å². The van der Waals surface area contributed by atoms with Crippen molar-refractivity contribution in [1.29, 1.82) is 0 Å². The maximum Gasteiger partial charge on any atom is 0.308 e. The number of nitrogens with one attached hydrogen (secondary N) is 1. The summed E-state index contributed by atoms with van der Waals surface area (Å²) in [6, 6.07) is 10.5. The number of hydrogen-bond donors (Lipinski definition) is 1. The van der Waals surface area contributed by atoms with Crippen molar-refractivity contribution >= 4 is 74.8 Å². The minimum atomic E-state index is -0.434. The van der Waals surface area contributed by atoms with Crippen LogP contribution in [0, 0.1) is 3.57 Å². The standard InChI is InChI=1S/C19H14ClIN2O4S/c1-10(24)27-17-14(21)7-11(8-15(17)26-2)9-16-18(25)23-19(28-16)22-13-5-3-12(20)4-6-13/h3-9H,1-2H3,(H,22,23,25)/b16-9-. The number of ether oxygens (including phenoxy) is 2. The summed E-state index contributed by atoms with van der Waals surface area (Å²) in [6.45, 7) is 1.33. The number of carbonyl (C=O) groups excluding carboxylic acids is 2. The van der Waals surface area contributed by atoms with Crippen LogP contribution in [0.2, 0.25) is 5.02 Å². The Hall–Kier alpha value is -2.04. The minimum absolute atomic E-state index is 0.240. The summed E-state index contributed by atoms with van der Waals surface area (Å²) in [5, 5.41) is 3.84. The Balaban J connectivity index is 1.87. The van der Waals surface area contributed by atoms with Crippen LogP contribution in [0.25, 0.3) is 6.08 Å². The molecule has 1 saturated heterocycles. The van der Waals surface area contributed by atoms with Crippen LogP contribution in [-0.2, 0) is 9.59 Å². The van der Waals surface area contributed by atoms with Crippen molar-refractivity contribution in [1.82, 2.24) is 5.32 Å². The second kappa shape index (κ2) is 8.97. The van der Waals surface area contributed by atoms with Crippen molar-refractivity contribution in [2.24, 2.45) is 4.99 Å². The van der Waals surface area contributed by atoms with Crippen LogP contribution in [0.5, 0.6) is 11.5 Å². The van der Waals surface area contributed by atoms with Gasteiger partial charge in [-0.15, -0.1) is 0 Å². The minimum Gasteiger partial charge on any atom is -0.493 e. The molecule has 3 rings (SSSR count). The maximum absolute atomic E-state index is 12.3. The number of nitrogens with zero attached hydrogens (tertiary/aromatic N) is 1. The van der Waals surface area contributed by atoms with Gasteiger partial charge in [0, 0.05) is 11.9 Å². The second-order valence-corrected chi connectivity index (χ2v) is 8.22. The number of amides is 1. The molecule has 1 aliphatic rings. The SMILES string of the molecule is COc1cc(/C=C2\SC(=Nc3ccc(Cl)cc3)NC2=O)cc(I)c1OC(C)=O. The summed E-state index contributed by atoms with van der Waals surface area (Å²) in [6.07, 6.45) is 1.73. The highest BCUT2D eigenvalue weighted by molar-refractivity contribution is 14.1. The van der Waals surface area contributed by atoms with E-state index in [4.69, 9.17) is 21.1 Å². The van der Waals surface area contributed by atoms with E-state index in [9.17, 15) is 9.59 Å². The van der Waals surface area contributed by atoms with Gasteiger partial charge in [0.2, 0.25) is 0 Å². The van der Waals surface area contributed by atoms with E-state index >= 15 is 0 Å². The Morgan fingerprint density at radius 3 is 2.64 bits per heavy atom. The fraction of sp³-hybridized carbons (Fsp3) is 0.105. The van der Waals surface area contributed by atoms with Gasteiger partial charge in [0.25, 0.3) is 5.91 Å². The highest BCUT2D eigenvalue weighted by Gasteiger charge is 2.24. The van der Waals surface area contributed by atoms with E-state index in [2.05, 4.69) is 32.9 Å². The molecule has 0 aliphatic carbocycles. The molecule has 0 spiro atoms. The van der Waals surface area contributed by atoms with Crippen molar-refractivity contribution in [2.45, 2.75) is 6.92 Å². The summed E-state index contributed by atoms with van der Waals surface area (Å²) in [7, 11) is 1.49. The van der Waals surface area contributed by atoms with Crippen LogP contribution >= 0.6 is 46.0 Å². The first-order chi connectivity index (χ1) is 13.4. The zero-order chi connectivity index (χ0) is 20.3. The van der Waals surface area contributed by atoms with Gasteiger partial charge in [-0.05, 0) is 82.4 Å². The fourth-order valence-corrected chi connectivity index (χ4v) is 4.03. The molecule has 1 amide bonds. The lowest BCUT2D eigenvalue weighted by molar-refractivity contribution is -0.132. The number of thioether (sulfide) groups is 1. The number of amidine groups is 1. The molecule has 2 aromatic carbocycles. The molecule has 144 valence electrons. The summed E-state index contributed by atoms with van der Waals surface area (Å²) < 4.78 is 11.2. The van der Waals surface area contributed by atoms with Gasteiger partial charge in [0.05, 0.1) is 21.3 Å². The van der Waals surface area contributed by atoms with Crippen molar-refractivity contribution in [3.05, 3.63) is 55.5 Å². The molecule has 0 unspecified atom stereocenters. The summed E-state index contributed by atoms with van der Waals surface area (Å²) in [4.78, 5) is 28.5. The molecular formula is C19H14ClIN2O4S. The summed E-state index contributed by atoms with van der Waals surface area (Å²) in [5.74, 6) is 0.0885. The average Bonchev–Trinajstić information content (AvgIpc) is 2.97. The van der Waals surface area contributed by atoms with Gasteiger partial charge in [-0.2, -0.15) is 0 Å². The van der Waals surface area contributed by atoms with E-state index in [1.54, 1.807) is 42.5 Å². The van der Waals surface area contributed by atoms with Crippen LogP contribution in [0.15, 0.2) is 46.3 Å². The molecule has 0 atom stereocenters. The van der Waals surface area contributed by atoms with Crippen LogP contribution in [-0.4, -0.2) is 24.2 Å². The number of methoxy groups -OCH3 is 1. The molecule has 0 aromatic heterocycles. The molecule has 0 radical (unpaired) electrons. The zero-order valence-corrected chi connectivity index (χ0v) is 18.5. The number of hydrogen-bond acceptors (Lipinski definition) is 6. The number of carbonyl (C=O) groups is 2. The van der Waals surface area contributed by atoms with Crippen LogP contribution < -0.4 is 14.8 Å². The summed E-state index contributed by atoms with van der Waals surface area (Å²) in [5.41, 5.74) is 1.43. The first-order valence-electron chi connectivity index (χ1n) is 7.97. The highest BCUT2D eigenvalue weighted by atomic mass is 127. The topological polar surface area (TPSA) is 77.0 Å². The monoisotopic (exact) mass is 528 g/mol. The van der Waals surface area contributed by atoms with Gasteiger partial charge in [-0.3, -0.25) is 9.59 Å². The first-order valence-corrected chi connectivity index (χ1v) is 10.2. The largest absolute Gasteiger partial charge is 0.493 e. The van der Waals surface area contributed by atoms with Crippen LogP contribution in [0.1, 0.15) is 12.5 Å². The predicted molar refractivity (Wildman–Crippen MR) is 119 cm³/mol. The molecule has 9 heteroatoms. The Morgan fingerprint density at radius 2 is 2.00 bits per heavy atom. The van der Waals surface area contributed by atoms with Crippen LogP contribution in [0.3, 0.4) is 0 Å². The Kier molecular flexibility index (Phi) is 6.63. The maximum atomic E-state index is 12.3. The van der Waals surface area contributed by atoms with Crippen molar-refractivity contribution in [2.75, 3.05) is 7.11 Å². The predicted octanol–water partition coefficient (Wildman–Crippen LogP) is 4.77. The molecule has 0 saturated carbocycles. The van der Waals surface area contributed by atoms with E-state index in [0.29, 0.717) is 35.9 Å². The van der Waals surface area contributed by atoms with E-state index in [-0.39, 0.29) is 5.91 Å². The second-order valence-electron chi connectivity index (χ2n) is 5.59. The van der Waals surface area contributed by atoms with E-state index < -0.39 is 5.97 Å². The molecular weight excluding hydrogens is 515 g/mol. The van der Waals surface area contributed by atoms with Gasteiger partial charge in [-0.1, -0.05) is 11.6 Å². The fourth-order valence-electron chi connectivity index (χ4n) is 2.33. The number of halogens is 2. The molecule has 1 N–H and O–H groups in total. The third-order valence-corrected chi connectivity index (χ3v) is 5.47. The van der Waals surface area contributed by atoms with Crippen LogP contribution in [0.4, 0.5) is 5.69 Å². The quantitative estimate of drug-likeness (QED) is 0.268. The van der Waals surface area contributed by atoms with Gasteiger partial charge in [-0.25, -0.2) is 4.99 Å². The Bertz CT molecular complexity index is 1010. The van der Waals surface area contributed by atoms with Crippen molar-refractivity contribution in [3.63, 3.8) is 0 Å². The van der Waals surface area contributed by atoms with E-state index in [1.165, 1.54) is 25.8 Å². The van der Waals surface area contributed by atoms with Gasteiger partial charge in [0.1, 0.15) is 0 Å². The molecule has 2 aromatic rings.